The highest BCUT2D eigenvalue weighted by Crippen LogP contribution is 2.34. The maximum atomic E-state index is 12.7. The summed E-state index contributed by atoms with van der Waals surface area (Å²) in [6.45, 7) is 1.88. The highest BCUT2D eigenvalue weighted by atomic mass is 19.4. The van der Waals surface area contributed by atoms with Gasteiger partial charge >= 0.3 is 6.18 Å². The van der Waals surface area contributed by atoms with Crippen molar-refractivity contribution in [2.75, 3.05) is 0 Å². The van der Waals surface area contributed by atoms with Crippen LogP contribution < -0.4 is 4.74 Å². The number of hydrogen-bond donors (Lipinski definition) is 0. The van der Waals surface area contributed by atoms with E-state index in [1.807, 2.05) is 13.0 Å². The molecule has 0 bridgehead atoms. The molecule has 0 saturated heterocycles. The van der Waals surface area contributed by atoms with Crippen LogP contribution in [0, 0.1) is 18.3 Å². The fourth-order valence-electron chi connectivity index (χ4n) is 1.74. The summed E-state index contributed by atoms with van der Waals surface area (Å²) < 4.78 is 43.4. The molecule has 5 heteroatoms. The van der Waals surface area contributed by atoms with Crippen molar-refractivity contribution >= 4 is 0 Å². The van der Waals surface area contributed by atoms with Crippen LogP contribution >= 0.6 is 0 Å². The van der Waals surface area contributed by atoms with Crippen molar-refractivity contribution in [2.24, 2.45) is 0 Å². The first kappa shape index (κ1) is 13.9. The molecular weight excluding hydrogens is 267 g/mol. The van der Waals surface area contributed by atoms with E-state index in [4.69, 9.17) is 10.00 Å². The molecule has 0 fully saturated rings. The molecule has 2 rings (SSSR count). The lowest BCUT2D eigenvalue weighted by atomic mass is 10.1. The van der Waals surface area contributed by atoms with Gasteiger partial charge in [-0.2, -0.15) is 18.4 Å². The zero-order chi connectivity index (χ0) is 14.8. The Kier molecular flexibility index (Phi) is 3.66. The Morgan fingerprint density at radius 2 is 1.75 bits per heavy atom. The fraction of sp³-hybridized carbons (Fsp3) is 0.133. The molecule has 20 heavy (non-hydrogen) atoms. The Bertz CT molecular complexity index is 672. The second-order valence-corrected chi connectivity index (χ2v) is 4.24. The number of halogens is 3. The number of alkyl halides is 3. The molecule has 2 aromatic carbocycles. The van der Waals surface area contributed by atoms with Gasteiger partial charge in [0.1, 0.15) is 11.5 Å². The number of ether oxygens (including phenoxy) is 1. The van der Waals surface area contributed by atoms with Gasteiger partial charge in [-0.25, -0.2) is 0 Å². The molecule has 0 saturated carbocycles. The minimum atomic E-state index is -4.55. The number of nitrogens with zero attached hydrogens (tertiary/aromatic N) is 1. The minimum Gasteiger partial charge on any atom is -0.457 e. The first-order valence-corrected chi connectivity index (χ1v) is 5.76. The quantitative estimate of drug-likeness (QED) is 0.798. The largest absolute Gasteiger partial charge is 0.457 e. The van der Waals surface area contributed by atoms with Gasteiger partial charge < -0.3 is 4.74 Å². The fourth-order valence-corrected chi connectivity index (χ4v) is 1.74. The number of benzene rings is 2. The van der Waals surface area contributed by atoms with Gasteiger partial charge in [-0.1, -0.05) is 12.1 Å². The predicted molar refractivity (Wildman–Crippen MR) is 67.4 cm³/mol. The van der Waals surface area contributed by atoms with E-state index >= 15 is 0 Å². The Labute approximate surface area is 114 Å². The van der Waals surface area contributed by atoms with Crippen LogP contribution in [0.1, 0.15) is 16.7 Å². The summed E-state index contributed by atoms with van der Waals surface area (Å²) in [6.07, 6.45) is -4.55. The highest BCUT2D eigenvalue weighted by molar-refractivity contribution is 5.46. The number of nitriles is 1. The van der Waals surface area contributed by atoms with Crippen LogP contribution in [-0.4, -0.2) is 0 Å². The molecule has 0 heterocycles. The normalized spacial score (nSPS) is 10.9. The first-order chi connectivity index (χ1) is 9.40. The summed E-state index contributed by atoms with van der Waals surface area (Å²) in [7, 11) is 0. The summed E-state index contributed by atoms with van der Waals surface area (Å²) in [5, 5.41) is 8.81. The van der Waals surface area contributed by atoms with E-state index in [9.17, 15) is 13.2 Å². The number of aryl methyl sites for hydroxylation is 1. The van der Waals surface area contributed by atoms with Gasteiger partial charge in [-0.15, -0.1) is 0 Å². The van der Waals surface area contributed by atoms with Crippen LogP contribution in [0.25, 0.3) is 0 Å². The van der Waals surface area contributed by atoms with Gasteiger partial charge in [0.2, 0.25) is 0 Å². The lowest BCUT2D eigenvalue weighted by Gasteiger charge is -2.11. The van der Waals surface area contributed by atoms with E-state index in [-0.39, 0.29) is 5.75 Å². The molecule has 2 nitrogen and oxygen atoms in total. The molecular formula is C15H10F3NO. The van der Waals surface area contributed by atoms with Crippen molar-refractivity contribution in [3.05, 3.63) is 59.2 Å². The van der Waals surface area contributed by atoms with Gasteiger partial charge in [-0.3, -0.25) is 0 Å². The summed E-state index contributed by atoms with van der Waals surface area (Å²) >= 11 is 0. The maximum absolute atomic E-state index is 12.7. The average Bonchev–Trinajstić information content (AvgIpc) is 2.37. The zero-order valence-electron chi connectivity index (χ0n) is 10.5. The Morgan fingerprint density at radius 3 is 2.35 bits per heavy atom. The van der Waals surface area contributed by atoms with E-state index in [0.29, 0.717) is 5.75 Å². The SMILES string of the molecule is Cc1cccc(Oc2ccc(C(F)(F)F)c(C#N)c2)c1. The minimum absolute atomic E-state index is 0.195. The molecule has 0 atom stereocenters. The van der Waals surface area contributed by atoms with Crippen molar-refractivity contribution in [3.63, 3.8) is 0 Å². The van der Waals surface area contributed by atoms with Gasteiger partial charge in [0.05, 0.1) is 17.2 Å². The summed E-state index contributed by atoms with van der Waals surface area (Å²) in [6, 6.07) is 11.8. The van der Waals surface area contributed by atoms with Crippen LogP contribution in [0.3, 0.4) is 0 Å². The molecule has 0 spiro atoms. The maximum Gasteiger partial charge on any atom is 0.417 e. The van der Waals surface area contributed by atoms with Crippen LogP contribution in [0.15, 0.2) is 42.5 Å². The van der Waals surface area contributed by atoms with Crippen molar-refractivity contribution in [2.45, 2.75) is 13.1 Å². The lowest BCUT2D eigenvalue weighted by molar-refractivity contribution is -0.137. The molecule has 0 N–H and O–H groups in total. The number of hydrogen-bond acceptors (Lipinski definition) is 2. The van der Waals surface area contributed by atoms with E-state index in [0.717, 1.165) is 17.7 Å². The van der Waals surface area contributed by atoms with Crippen LogP contribution in [-0.2, 0) is 6.18 Å². The summed E-state index contributed by atoms with van der Waals surface area (Å²) in [5.74, 6) is 0.703. The summed E-state index contributed by atoms with van der Waals surface area (Å²) in [5.41, 5.74) is -0.450. The lowest BCUT2D eigenvalue weighted by Crippen LogP contribution is -2.07. The molecule has 0 amide bonds. The molecule has 0 aromatic heterocycles. The third-order valence-electron chi connectivity index (χ3n) is 2.64. The highest BCUT2D eigenvalue weighted by Gasteiger charge is 2.33. The average molecular weight is 277 g/mol. The molecule has 0 unspecified atom stereocenters. The Hall–Kier alpha value is -2.48. The van der Waals surface area contributed by atoms with Gasteiger partial charge in [0.25, 0.3) is 0 Å². The summed E-state index contributed by atoms with van der Waals surface area (Å²) in [4.78, 5) is 0. The van der Waals surface area contributed by atoms with E-state index in [2.05, 4.69) is 0 Å². The standard InChI is InChI=1S/C15H10F3NO/c1-10-3-2-4-12(7-10)20-13-5-6-14(15(16,17)18)11(8-13)9-19/h2-8H,1H3. The Morgan fingerprint density at radius 1 is 1.05 bits per heavy atom. The van der Waals surface area contributed by atoms with Gasteiger partial charge in [0.15, 0.2) is 0 Å². The van der Waals surface area contributed by atoms with Gasteiger partial charge in [0, 0.05) is 0 Å². The molecule has 0 aliphatic heterocycles. The second-order valence-electron chi connectivity index (χ2n) is 4.24. The van der Waals surface area contributed by atoms with Crippen LogP contribution in [0.4, 0.5) is 13.2 Å². The topological polar surface area (TPSA) is 33.0 Å². The monoisotopic (exact) mass is 277 g/mol. The zero-order valence-corrected chi connectivity index (χ0v) is 10.5. The van der Waals surface area contributed by atoms with E-state index < -0.39 is 17.3 Å². The second kappa shape index (κ2) is 5.25. The van der Waals surface area contributed by atoms with Gasteiger partial charge in [-0.05, 0) is 42.8 Å². The Balaban J connectivity index is 2.34. The molecule has 0 aliphatic rings. The van der Waals surface area contributed by atoms with Crippen LogP contribution in [0.5, 0.6) is 11.5 Å². The molecule has 2 aromatic rings. The third kappa shape index (κ3) is 3.09. The van der Waals surface area contributed by atoms with E-state index in [1.165, 1.54) is 12.1 Å². The molecule has 0 radical (unpaired) electrons. The number of rotatable bonds is 2. The van der Waals surface area contributed by atoms with E-state index in [1.54, 1.807) is 18.2 Å². The molecule has 102 valence electrons. The predicted octanol–water partition coefficient (Wildman–Crippen LogP) is 4.68. The van der Waals surface area contributed by atoms with Crippen molar-refractivity contribution < 1.29 is 17.9 Å². The third-order valence-corrected chi connectivity index (χ3v) is 2.64. The first-order valence-electron chi connectivity index (χ1n) is 5.76. The van der Waals surface area contributed by atoms with Crippen LogP contribution in [0.2, 0.25) is 0 Å². The van der Waals surface area contributed by atoms with Crippen molar-refractivity contribution in [3.8, 4) is 17.6 Å². The van der Waals surface area contributed by atoms with Crippen molar-refractivity contribution in [1.82, 2.24) is 0 Å². The van der Waals surface area contributed by atoms with Crippen molar-refractivity contribution in [1.29, 1.82) is 5.26 Å². The smallest absolute Gasteiger partial charge is 0.417 e. The molecule has 0 aliphatic carbocycles.